The highest BCUT2D eigenvalue weighted by Crippen LogP contribution is 2.33. The standard InChI is InChI=1S/C26H23NO5/c1-29-20-11-8-18(9-12-20)23-16-19(10-14-24(23)30-2)27-26(28)25-15-13-22(32-25)17-31-21-6-4-3-5-7-21/h3-16H,17H2,1-2H3,(H,27,28). The molecule has 0 aliphatic heterocycles. The number of methoxy groups -OCH3 is 2. The molecular formula is C26H23NO5. The Labute approximate surface area is 186 Å². The number of para-hydroxylation sites is 1. The molecule has 4 aromatic rings. The summed E-state index contributed by atoms with van der Waals surface area (Å²) in [5.41, 5.74) is 2.42. The summed E-state index contributed by atoms with van der Waals surface area (Å²) in [6.07, 6.45) is 0. The highest BCUT2D eigenvalue weighted by Gasteiger charge is 2.14. The van der Waals surface area contributed by atoms with E-state index in [0.29, 0.717) is 17.2 Å². The van der Waals surface area contributed by atoms with Gasteiger partial charge in [0.1, 0.15) is 29.6 Å². The number of carbonyl (C=O) groups excluding carboxylic acids is 1. The number of carbonyl (C=O) groups is 1. The van der Waals surface area contributed by atoms with E-state index in [1.54, 1.807) is 32.4 Å². The van der Waals surface area contributed by atoms with E-state index in [2.05, 4.69) is 5.32 Å². The fraction of sp³-hybridized carbons (Fsp3) is 0.115. The number of nitrogens with one attached hydrogen (secondary N) is 1. The van der Waals surface area contributed by atoms with Gasteiger partial charge in [-0.1, -0.05) is 30.3 Å². The Kier molecular flexibility index (Phi) is 6.41. The predicted octanol–water partition coefficient (Wildman–Crippen LogP) is 5.80. The summed E-state index contributed by atoms with van der Waals surface area (Å²) in [5, 5.41) is 2.88. The molecule has 0 aliphatic rings. The Morgan fingerprint density at radius 1 is 0.844 bits per heavy atom. The maximum absolute atomic E-state index is 12.7. The molecule has 0 unspecified atom stereocenters. The maximum Gasteiger partial charge on any atom is 0.291 e. The van der Waals surface area contributed by atoms with Crippen molar-refractivity contribution in [3.05, 3.63) is 96.4 Å². The van der Waals surface area contributed by atoms with Gasteiger partial charge in [0, 0.05) is 11.3 Å². The number of rotatable bonds is 8. The number of anilines is 1. The Morgan fingerprint density at radius 2 is 1.62 bits per heavy atom. The normalized spacial score (nSPS) is 10.4. The van der Waals surface area contributed by atoms with Gasteiger partial charge < -0.3 is 23.9 Å². The van der Waals surface area contributed by atoms with Crippen molar-refractivity contribution < 1.29 is 23.4 Å². The zero-order valence-corrected chi connectivity index (χ0v) is 17.8. The smallest absolute Gasteiger partial charge is 0.291 e. The van der Waals surface area contributed by atoms with E-state index in [9.17, 15) is 4.79 Å². The van der Waals surface area contributed by atoms with E-state index in [-0.39, 0.29) is 18.3 Å². The number of hydrogen-bond acceptors (Lipinski definition) is 5. The van der Waals surface area contributed by atoms with Crippen LogP contribution in [-0.2, 0) is 6.61 Å². The van der Waals surface area contributed by atoms with Gasteiger partial charge in [0.15, 0.2) is 5.76 Å². The summed E-state index contributed by atoms with van der Waals surface area (Å²) in [6.45, 7) is 0.238. The molecule has 6 heteroatoms. The van der Waals surface area contributed by atoms with Crippen molar-refractivity contribution in [2.24, 2.45) is 0 Å². The number of ether oxygens (including phenoxy) is 3. The third-order valence-corrected chi connectivity index (χ3v) is 4.87. The van der Waals surface area contributed by atoms with Crippen molar-refractivity contribution >= 4 is 11.6 Å². The second kappa shape index (κ2) is 9.75. The number of furan rings is 1. The quantitative estimate of drug-likeness (QED) is 0.384. The summed E-state index contributed by atoms with van der Waals surface area (Å²) >= 11 is 0. The zero-order chi connectivity index (χ0) is 22.3. The molecule has 0 aliphatic carbocycles. The minimum atomic E-state index is -0.346. The van der Waals surface area contributed by atoms with Gasteiger partial charge in [-0.15, -0.1) is 0 Å². The summed E-state index contributed by atoms with van der Waals surface area (Å²) in [6, 6.07) is 25.9. The van der Waals surface area contributed by atoms with Gasteiger partial charge in [-0.05, 0) is 60.2 Å². The lowest BCUT2D eigenvalue weighted by atomic mass is 10.0. The van der Waals surface area contributed by atoms with Gasteiger partial charge in [-0.3, -0.25) is 4.79 Å². The summed E-state index contributed by atoms with van der Waals surface area (Å²) in [4.78, 5) is 12.7. The Hall–Kier alpha value is -4.19. The van der Waals surface area contributed by atoms with Crippen LogP contribution in [0.1, 0.15) is 16.3 Å². The van der Waals surface area contributed by atoms with Crippen molar-refractivity contribution in [3.63, 3.8) is 0 Å². The topological polar surface area (TPSA) is 69.9 Å². The zero-order valence-electron chi connectivity index (χ0n) is 17.8. The fourth-order valence-corrected chi connectivity index (χ4v) is 3.22. The minimum Gasteiger partial charge on any atom is -0.497 e. The molecule has 4 rings (SSSR count). The molecule has 0 fully saturated rings. The summed E-state index contributed by atoms with van der Waals surface area (Å²) in [7, 11) is 3.24. The largest absolute Gasteiger partial charge is 0.497 e. The first-order valence-electron chi connectivity index (χ1n) is 10.1. The molecule has 0 spiro atoms. The second-order valence-electron chi connectivity index (χ2n) is 6.97. The number of hydrogen-bond donors (Lipinski definition) is 1. The third-order valence-electron chi connectivity index (χ3n) is 4.87. The first kappa shape index (κ1) is 21.1. The molecule has 6 nitrogen and oxygen atoms in total. The number of amides is 1. The molecule has 162 valence electrons. The molecule has 1 amide bonds. The van der Waals surface area contributed by atoms with Crippen LogP contribution < -0.4 is 19.5 Å². The van der Waals surface area contributed by atoms with Gasteiger partial charge in [-0.25, -0.2) is 0 Å². The van der Waals surface area contributed by atoms with E-state index in [1.165, 1.54) is 0 Å². The summed E-state index contributed by atoms with van der Waals surface area (Å²) < 4.78 is 22.0. The van der Waals surface area contributed by atoms with Crippen LogP contribution in [0.3, 0.4) is 0 Å². The lowest BCUT2D eigenvalue weighted by Gasteiger charge is -2.12. The van der Waals surface area contributed by atoms with Gasteiger partial charge >= 0.3 is 0 Å². The molecule has 3 aromatic carbocycles. The Balaban J connectivity index is 1.46. The molecule has 1 N–H and O–H groups in total. The van der Waals surface area contributed by atoms with Gasteiger partial charge in [0.05, 0.1) is 14.2 Å². The van der Waals surface area contributed by atoms with Gasteiger partial charge in [-0.2, -0.15) is 0 Å². The van der Waals surface area contributed by atoms with Crippen molar-refractivity contribution in [2.45, 2.75) is 6.61 Å². The molecule has 0 saturated heterocycles. The monoisotopic (exact) mass is 429 g/mol. The van der Waals surface area contributed by atoms with Gasteiger partial charge in [0.2, 0.25) is 0 Å². The fourth-order valence-electron chi connectivity index (χ4n) is 3.22. The van der Waals surface area contributed by atoms with Crippen molar-refractivity contribution in [1.29, 1.82) is 0 Å². The molecular weight excluding hydrogens is 406 g/mol. The van der Waals surface area contributed by atoms with Crippen molar-refractivity contribution in [1.82, 2.24) is 0 Å². The second-order valence-corrected chi connectivity index (χ2v) is 6.97. The molecule has 0 bridgehead atoms. The van der Waals surface area contributed by atoms with Crippen LogP contribution in [0.15, 0.2) is 89.3 Å². The van der Waals surface area contributed by atoms with Crippen LogP contribution >= 0.6 is 0 Å². The number of benzene rings is 3. The van der Waals surface area contributed by atoms with Crippen molar-refractivity contribution in [2.75, 3.05) is 19.5 Å². The molecule has 0 radical (unpaired) electrons. The van der Waals surface area contributed by atoms with E-state index < -0.39 is 0 Å². The first-order chi connectivity index (χ1) is 15.7. The SMILES string of the molecule is COc1ccc(-c2cc(NC(=O)c3ccc(COc4ccccc4)o3)ccc2OC)cc1. The molecule has 1 heterocycles. The highest BCUT2D eigenvalue weighted by atomic mass is 16.5. The Bertz CT molecular complexity index is 1180. The van der Waals surface area contributed by atoms with Crippen LogP contribution in [-0.4, -0.2) is 20.1 Å². The predicted molar refractivity (Wildman–Crippen MR) is 122 cm³/mol. The molecule has 1 aromatic heterocycles. The Morgan fingerprint density at radius 3 is 2.34 bits per heavy atom. The van der Waals surface area contributed by atoms with Crippen LogP contribution in [0.4, 0.5) is 5.69 Å². The van der Waals surface area contributed by atoms with Crippen LogP contribution in [0.2, 0.25) is 0 Å². The minimum absolute atomic E-state index is 0.207. The van der Waals surface area contributed by atoms with E-state index in [4.69, 9.17) is 18.6 Å². The van der Waals surface area contributed by atoms with Crippen LogP contribution in [0, 0.1) is 0 Å². The van der Waals surface area contributed by atoms with Crippen LogP contribution in [0.5, 0.6) is 17.2 Å². The lowest BCUT2D eigenvalue weighted by Crippen LogP contribution is -2.11. The molecule has 0 saturated carbocycles. The maximum atomic E-state index is 12.7. The first-order valence-corrected chi connectivity index (χ1v) is 10.1. The average Bonchev–Trinajstić information content (AvgIpc) is 3.33. The van der Waals surface area contributed by atoms with Crippen LogP contribution in [0.25, 0.3) is 11.1 Å². The lowest BCUT2D eigenvalue weighted by molar-refractivity contribution is 0.0992. The van der Waals surface area contributed by atoms with E-state index in [1.807, 2.05) is 66.7 Å². The summed E-state index contributed by atoms with van der Waals surface area (Å²) in [5.74, 6) is 2.63. The molecule has 0 atom stereocenters. The van der Waals surface area contributed by atoms with E-state index >= 15 is 0 Å². The average molecular weight is 429 g/mol. The third kappa shape index (κ3) is 4.92. The van der Waals surface area contributed by atoms with E-state index in [0.717, 1.165) is 22.6 Å². The van der Waals surface area contributed by atoms with Gasteiger partial charge in [0.25, 0.3) is 5.91 Å². The highest BCUT2D eigenvalue weighted by molar-refractivity contribution is 6.02. The molecule has 32 heavy (non-hydrogen) atoms. The van der Waals surface area contributed by atoms with Crippen molar-refractivity contribution in [3.8, 4) is 28.4 Å².